The summed E-state index contributed by atoms with van der Waals surface area (Å²) >= 11 is 0. The number of carbonyl (C=O) groups excluding carboxylic acids is 4. The topological polar surface area (TPSA) is 237 Å². The Hall–Kier alpha value is -1.94. The molecule has 0 spiro atoms. The molecule has 0 aliphatic heterocycles. The van der Waals surface area contributed by atoms with Gasteiger partial charge in [-0.05, 0) is 37.5 Å². The van der Waals surface area contributed by atoms with Crippen LogP contribution in [0.25, 0.3) is 0 Å². The molecule has 0 radical (unpaired) electrons. The molecule has 0 heterocycles. The van der Waals surface area contributed by atoms with E-state index >= 15 is 0 Å². The molecule has 3 N–H and O–H groups in total. The molecule has 0 aliphatic rings. The first-order chi connectivity index (χ1) is 43.4. The van der Waals surface area contributed by atoms with E-state index in [1.54, 1.807) is 0 Å². The fourth-order valence-electron chi connectivity index (χ4n) is 10.7. The van der Waals surface area contributed by atoms with Crippen LogP contribution in [-0.4, -0.2) is 96.7 Å². The van der Waals surface area contributed by atoms with Gasteiger partial charge in [-0.3, -0.25) is 37.3 Å². The average molecular weight is 1330 g/mol. The van der Waals surface area contributed by atoms with Crippen molar-refractivity contribution in [3.05, 3.63) is 0 Å². The van der Waals surface area contributed by atoms with Crippen molar-refractivity contribution in [1.82, 2.24) is 0 Å². The summed E-state index contributed by atoms with van der Waals surface area (Å²) in [5.74, 6) is -0.561. The summed E-state index contributed by atoms with van der Waals surface area (Å²) in [6.45, 7) is 9.49. The fraction of sp³-hybridized carbons (Fsp3) is 0.944. The highest BCUT2D eigenvalue weighted by atomic mass is 31.2. The van der Waals surface area contributed by atoms with Crippen LogP contribution in [0, 0.1) is 11.8 Å². The number of esters is 4. The molecule has 0 aliphatic carbocycles. The van der Waals surface area contributed by atoms with E-state index in [0.29, 0.717) is 25.7 Å². The minimum Gasteiger partial charge on any atom is -0.462 e. The van der Waals surface area contributed by atoms with E-state index in [2.05, 4.69) is 41.5 Å². The Bertz CT molecular complexity index is 1750. The van der Waals surface area contributed by atoms with Gasteiger partial charge in [0.2, 0.25) is 0 Å². The van der Waals surface area contributed by atoms with Crippen LogP contribution in [0.3, 0.4) is 0 Å². The Morgan fingerprint density at radius 1 is 0.322 bits per heavy atom. The second kappa shape index (κ2) is 63.1. The zero-order valence-electron chi connectivity index (χ0n) is 58.4. The summed E-state index contributed by atoms with van der Waals surface area (Å²) < 4.78 is 68.1. The van der Waals surface area contributed by atoms with E-state index < -0.39 is 97.5 Å². The number of hydrogen-bond acceptors (Lipinski definition) is 15. The van der Waals surface area contributed by atoms with E-state index in [1.807, 2.05) is 0 Å². The molecule has 0 aromatic rings. The molecule has 0 aromatic carbocycles. The van der Waals surface area contributed by atoms with Crippen LogP contribution in [0.1, 0.15) is 363 Å². The summed E-state index contributed by atoms with van der Waals surface area (Å²) in [6.07, 6.45) is 48.9. The maximum absolute atomic E-state index is 13.0. The minimum absolute atomic E-state index is 0.104. The van der Waals surface area contributed by atoms with Gasteiger partial charge in [0.15, 0.2) is 12.2 Å². The predicted octanol–water partition coefficient (Wildman–Crippen LogP) is 20.4. The summed E-state index contributed by atoms with van der Waals surface area (Å²) in [5.41, 5.74) is 0. The Morgan fingerprint density at radius 3 is 0.844 bits per heavy atom. The molecule has 0 saturated carbocycles. The first kappa shape index (κ1) is 88.1. The van der Waals surface area contributed by atoms with E-state index in [4.69, 9.17) is 37.0 Å². The van der Waals surface area contributed by atoms with Crippen LogP contribution in [0.4, 0.5) is 0 Å². The zero-order chi connectivity index (χ0) is 66.5. The lowest BCUT2D eigenvalue weighted by atomic mass is 9.99. The fourth-order valence-corrected chi connectivity index (χ4v) is 12.3. The molecule has 6 atom stereocenters. The Kier molecular flexibility index (Phi) is 61.8. The molecular weight excluding hydrogens is 1190 g/mol. The molecule has 3 unspecified atom stereocenters. The van der Waals surface area contributed by atoms with Gasteiger partial charge in [0.1, 0.15) is 19.3 Å². The highest BCUT2D eigenvalue weighted by molar-refractivity contribution is 7.47. The number of aliphatic hydroxyl groups is 1. The summed E-state index contributed by atoms with van der Waals surface area (Å²) in [4.78, 5) is 72.3. The molecule has 19 heteroatoms. The Morgan fingerprint density at radius 2 is 0.567 bits per heavy atom. The molecule has 0 fully saturated rings. The predicted molar refractivity (Wildman–Crippen MR) is 363 cm³/mol. The van der Waals surface area contributed by atoms with Crippen LogP contribution < -0.4 is 0 Å². The summed E-state index contributed by atoms with van der Waals surface area (Å²) in [5, 5.41) is 10.6. The number of phosphoric acid groups is 2. The number of phosphoric ester groups is 2. The van der Waals surface area contributed by atoms with Gasteiger partial charge in [-0.2, -0.15) is 0 Å². The van der Waals surface area contributed by atoms with Gasteiger partial charge in [-0.1, -0.05) is 311 Å². The van der Waals surface area contributed by atoms with E-state index in [1.165, 1.54) is 173 Å². The van der Waals surface area contributed by atoms with Crippen molar-refractivity contribution in [2.24, 2.45) is 11.8 Å². The van der Waals surface area contributed by atoms with Crippen LogP contribution in [-0.2, 0) is 65.4 Å². The van der Waals surface area contributed by atoms with Crippen molar-refractivity contribution >= 4 is 39.5 Å². The Balaban J connectivity index is 5.16. The third-order valence-corrected chi connectivity index (χ3v) is 18.7. The van der Waals surface area contributed by atoms with E-state index in [0.717, 1.165) is 108 Å². The molecule has 90 heavy (non-hydrogen) atoms. The van der Waals surface area contributed by atoms with Gasteiger partial charge in [0, 0.05) is 25.7 Å². The van der Waals surface area contributed by atoms with E-state index in [9.17, 15) is 43.2 Å². The molecule has 0 bridgehead atoms. The highest BCUT2D eigenvalue weighted by Crippen LogP contribution is 2.45. The normalized spacial score (nSPS) is 14.4. The first-order valence-electron chi connectivity index (χ1n) is 37.0. The van der Waals surface area contributed by atoms with Crippen molar-refractivity contribution in [3.63, 3.8) is 0 Å². The van der Waals surface area contributed by atoms with Gasteiger partial charge in [0.05, 0.1) is 26.4 Å². The van der Waals surface area contributed by atoms with Crippen molar-refractivity contribution in [2.75, 3.05) is 39.6 Å². The van der Waals surface area contributed by atoms with Crippen LogP contribution in [0.5, 0.6) is 0 Å². The SMILES string of the molecule is CCCCCCCCCCCCCCCCCC(=O)OC[C@H](COP(=O)(O)OC[C@@H](O)COP(=O)(O)OC[C@@H](COC(=O)CCCCCCC)OC(=O)CCCCCCCCCCC(C)CC)OC(=O)CCCCCCCCCCCCCCCCCC(C)C. The van der Waals surface area contributed by atoms with Crippen molar-refractivity contribution in [1.29, 1.82) is 0 Å². The van der Waals surface area contributed by atoms with Crippen LogP contribution in [0.15, 0.2) is 0 Å². The molecule has 0 amide bonds. The molecule has 0 rings (SSSR count). The standard InChI is InChI=1S/C71H138O17P2/c1-7-10-12-14-15-16-17-18-20-24-27-30-36-42-48-54-69(74)82-60-67(88-70(75)55-49-43-37-31-28-25-22-19-21-23-26-29-34-40-45-51-63(4)5)62-86-90(79,80)84-58-65(72)57-83-89(77,78)85-61-66(59-81-68(73)53-47-39-13-11-8-2)87-71(76)56-50-44-38-33-32-35-41-46-52-64(6)9-3/h63-67,72H,7-62H2,1-6H3,(H,77,78)(H,79,80)/t64?,65-,66+,67+/m0/s1. The number of ether oxygens (including phenoxy) is 4. The number of rotatable bonds is 70. The van der Waals surface area contributed by atoms with Gasteiger partial charge >= 0.3 is 39.5 Å². The molecule has 0 saturated heterocycles. The van der Waals surface area contributed by atoms with Crippen molar-refractivity contribution in [2.45, 2.75) is 381 Å². The lowest BCUT2D eigenvalue weighted by Crippen LogP contribution is -2.30. The smallest absolute Gasteiger partial charge is 0.462 e. The third kappa shape index (κ3) is 63.5. The average Bonchev–Trinajstić information content (AvgIpc) is 3.66. The largest absolute Gasteiger partial charge is 0.472 e. The third-order valence-electron chi connectivity index (χ3n) is 16.8. The minimum atomic E-state index is -4.95. The summed E-state index contributed by atoms with van der Waals surface area (Å²) in [6, 6.07) is 0. The first-order valence-corrected chi connectivity index (χ1v) is 40.0. The van der Waals surface area contributed by atoms with Crippen LogP contribution >= 0.6 is 15.6 Å². The quantitative estimate of drug-likeness (QED) is 0.0222. The van der Waals surface area contributed by atoms with Gasteiger partial charge < -0.3 is 33.8 Å². The number of unbranched alkanes of at least 4 members (excludes halogenated alkanes) is 39. The number of carbonyl (C=O) groups is 4. The maximum atomic E-state index is 13.0. The van der Waals surface area contributed by atoms with Crippen molar-refractivity contribution < 1.29 is 80.2 Å². The maximum Gasteiger partial charge on any atom is 0.472 e. The van der Waals surface area contributed by atoms with Gasteiger partial charge in [0.25, 0.3) is 0 Å². The number of hydrogen-bond donors (Lipinski definition) is 3. The second-order valence-electron chi connectivity index (χ2n) is 26.3. The monoisotopic (exact) mass is 1320 g/mol. The zero-order valence-corrected chi connectivity index (χ0v) is 60.2. The molecular formula is C71H138O17P2. The molecule has 17 nitrogen and oxygen atoms in total. The van der Waals surface area contributed by atoms with Crippen molar-refractivity contribution in [3.8, 4) is 0 Å². The molecule has 534 valence electrons. The number of aliphatic hydroxyl groups excluding tert-OH is 1. The summed E-state index contributed by atoms with van der Waals surface area (Å²) in [7, 11) is -9.89. The van der Waals surface area contributed by atoms with E-state index in [-0.39, 0.29) is 25.7 Å². The van der Waals surface area contributed by atoms with Crippen LogP contribution in [0.2, 0.25) is 0 Å². The highest BCUT2D eigenvalue weighted by Gasteiger charge is 2.30. The van der Waals surface area contributed by atoms with Gasteiger partial charge in [-0.25, -0.2) is 9.13 Å². The molecule has 0 aromatic heterocycles. The lowest BCUT2D eigenvalue weighted by Gasteiger charge is -2.21. The Labute approximate surface area is 549 Å². The van der Waals surface area contributed by atoms with Gasteiger partial charge in [-0.15, -0.1) is 0 Å². The lowest BCUT2D eigenvalue weighted by molar-refractivity contribution is -0.161. The second-order valence-corrected chi connectivity index (χ2v) is 29.3.